The van der Waals surface area contributed by atoms with Gasteiger partial charge in [-0.2, -0.15) is 11.8 Å². The zero-order chi connectivity index (χ0) is 15.3. The topological polar surface area (TPSA) is 40.5 Å². The van der Waals surface area contributed by atoms with E-state index in [2.05, 4.69) is 11.8 Å². The minimum Gasteiger partial charge on any atom is -0.481 e. The number of thioether (sulfide) groups is 1. The summed E-state index contributed by atoms with van der Waals surface area (Å²) in [6.45, 7) is 5.16. The average molecular weight is 316 g/mol. The molecule has 0 saturated carbocycles. The van der Waals surface area contributed by atoms with Crippen LogP contribution in [0.5, 0.6) is 0 Å². The van der Waals surface area contributed by atoms with E-state index in [1.807, 2.05) is 11.8 Å². The Morgan fingerprint density at radius 3 is 2.57 bits per heavy atom. The van der Waals surface area contributed by atoms with Crippen LogP contribution in [0.3, 0.4) is 0 Å². The Balaban J connectivity index is 1.89. The van der Waals surface area contributed by atoms with E-state index in [4.69, 9.17) is 5.11 Å². The van der Waals surface area contributed by atoms with Gasteiger partial charge in [-0.15, -0.1) is 0 Å². The lowest BCUT2D eigenvalue weighted by molar-refractivity contribution is -0.143. The summed E-state index contributed by atoms with van der Waals surface area (Å²) >= 11 is 2.04. The van der Waals surface area contributed by atoms with Crippen LogP contribution >= 0.6 is 11.8 Å². The number of aliphatic carboxylic acids is 1. The van der Waals surface area contributed by atoms with E-state index < -0.39 is 5.97 Å². The summed E-state index contributed by atoms with van der Waals surface area (Å²) < 4.78 is 0. The molecule has 21 heavy (non-hydrogen) atoms. The summed E-state index contributed by atoms with van der Waals surface area (Å²) in [5.41, 5.74) is 0. The van der Waals surface area contributed by atoms with Crippen LogP contribution in [-0.2, 0) is 4.79 Å². The lowest BCUT2D eigenvalue weighted by Gasteiger charge is -2.30. The number of carboxylic acids is 1. The highest BCUT2D eigenvalue weighted by Gasteiger charge is 2.24. The van der Waals surface area contributed by atoms with Crippen LogP contribution in [-0.4, -0.2) is 47.1 Å². The number of piperidine rings is 1. The molecule has 0 aromatic carbocycles. The van der Waals surface area contributed by atoms with Crippen molar-refractivity contribution in [1.82, 2.24) is 4.90 Å². The van der Waals surface area contributed by atoms with Crippen molar-refractivity contribution in [1.29, 1.82) is 0 Å². The maximum atomic E-state index is 11.0. The van der Waals surface area contributed by atoms with Gasteiger partial charge in [0.2, 0.25) is 0 Å². The second-order valence-electron chi connectivity index (χ2n) is 6.21. The van der Waals surface area contributed by atoms with Crippen LogP contribution in [0, 0.1) is 5.92 Å². The summed E-state index contributed by atoms with van der Waals surface area (Å²) in [7, 11) is 0. The molecule has 4 heteroatoms. The minimum atomic E-state index is -0.615. The molecule has 0 aliphatic carbocycles. The first-order valence-electron chi connectivity index (χ1n) is 8.77. The van der Waals surface area contributed by atoms with Crippen molar-refractivity contribution in [3.05, 3.63) is 0 Å². The highest BCUT2D eigenvalue weighted by Crippen LogP contribution is 2.17. The van der Waals surface area contributed by atoms with E-state index in [0.717, 1.165) is 38.2 Å². The zero-order valence-corrected chi connectivity index (χ0v) is 14.5. The van der Waals surface area contributed by atoms with Gasteiger partial charge in [0, 0.05) is 18.8 Å². The largest absolute Gasteiger partial charge is 0.481 e. The van der Waals surface area contributed by atoms with Crippen molar-refractivity contribution in [3.8, 4) is 0 Å². The molecule has 0 bridgehead atoms. The molecule has 0 radical (unpaired) electrons. The summed E-state index contributed by atoms with van der Waals surface area (Å²) in [6.07, 6.45) is 11.5. The second kappa shape index (κ2) is 12.3. The lowest BCUT2D eigenvalue weighted by atomic mass is 9.98. The quantitative estimate of drug-likeness (QED) is 0.546. The van der Waals surface area contributed by atoms with Crippen molar-refractivity contribution in [2.45, 2.75) is 64.7 Å². The molecule has 1 rings (SSSR count). The van der Waals surface area contributed by atoms with Crippen LogP contribution in [0.4, 0.5) is 0 Å². The van der Waals surface area contributed by atoms with Gasteiger partial charge in [0.15, 0.2) is 0 Å². The molecule has 3 nitrogen and oxygen atoms in total. The van der Waals surface area contributed by atoms with Crippen molar-refractivity contribution in [3.63, 3.8) is 0 Å². The molecule has 1 heterocycles. The Morgan fingerprint density at radius 1 is 1.14 bits per heavy atom. The van der Waals surface area contributed by atoms with Crippen LogP contribution in [0.2, 0.25) is 0 Å². The Bertz CT molecular complexity index is 274. The number of nitrogens with zero attached hydrogens (tertiary/aromatic N) is 1. The van der Waals surface area contributed by atoms with Gasteiger partial charge in [-0.25, -0.2) is 0 Å². The molecule has 1 saturated heterocycles. The van der Waals surface area contributed by atoms with Crippen LogP contribution in [0.1, 0.15) is 64.7 Å². The van der Waals surface area contributed by atoms with E-state index in [1.165, 1.54) is 50.7 Å². The zero-order valence-electron chi connectivity index (χ0n) is 13.7. The van der Waals surface area contributed by atoms with Crippen LogP contribution < -0.4 is 0 Å². The smallest absolute Gasteiger partial charge is 0.307 e. The van der Waals surface area contributed by atoms with Gasteiger partial charge in [0.1, 0.15) is 0 Å². The number of rotatable bonds is 12. The van der Waals surface area contributed by atoms with Crippen LogP contribution in [0.15, 0.2) is 0 Å². The van der Waals surface area contributed by atoms with Crippen LogP contribution in [0.25, 0.3) is 0 Å². The third-order valence-electron chi connectivity index (χ3n) is 4.30. The third-order valence-corrected chi connectivity index (χ3v) is 5.35. The van der Waals surface area contributed by atoms with E-state index in [0.29, 0.717) is 0 Å². The molecular weight excluding hydrogens is 282 g/mol. The van der Waals surface area contributed by atoms with E-state index >= 15 is 0 Å². The SMILES string of the molecule is CCCCCCCCCSCCN1CCCC(C(=O)O)C1. The fraction of sp³-hybridized carbons (Fsp3) is 0.941. The lowest BCUT2D eigenvalue weighted by Crippen LogP contribution is -2.39. The summed E-state index contributed by atoms with van der Waals surface area (Å²) in [4.78, 5) is 13.3. The number of likely N-dealkylation sites (tertiary alicyclic amines) is 1. The predicted molar refractivity (Wildman–Crippen MR) is 92.1 cm³/mol. The molecule has 124 valence electrons. The molecule has 0 aromatic heterocycles. The summed E-state index contributed by atoms with van der Waals surface area (Å²) in [5, 5.41) is 9.07. The monoisotopic (exact) mass is 315 g/mol. The van der Waals surface area contributed by atoms with E-state index in [1.54, 1.807) is 0 Å². The molecule has 1 fully saturated rings. The fourth-order valence-corrected chi connectivity index (χ4v) is 3.92. The Kier molecular flexibility index (Phi) is 11.1. The molecule has 1 aliphatic heterocycles. The van der Waals surface area contributed by atoms with Gasteiger partial charge in [0.05, 0.1) is 5.92 Å². The fourth-order valence-electron chi connectivity index (χ4n) is 2.92. The molecular formula is C17H33NO2S. The van der Waals surface area contributed by atoms with Gasteiger partial charge < -0.3 is 10.0 Å². The summed E-state index contributed by atoms with van der Waals surface area (Å²) in [6, 6.07) is 0. The van der Waals surface area contributed by atoms with Gasteiger partial charge in [-0.3, -0.25) is 4.79 Å². The predicted octanol–water partition coefficient (Wildman–Crippen LogP) is 4.27. The Labute approximate surface area is 134 Å². The number of carbonyl (C=O) groups is 1. The van der Waals surface area contributed by atoms with Gasteiger partial charge in [-0.1, -0.05) is 45.4 Å². The maximum absolute atomic E-state index is 11.0. The first-order valence-corrected chi connectivity index (χ1v) is 9.92. The highest BCUT2D eigenvalue weighted by atomic mass is 32.2. The number of unbranched alkanes of at least 4 members (excludes halogenated alkanes) is 6. The van der Waals surface area contributed by atoms with Crippen molar-refractivity contribution >= 4 is 17.7 Å². The summed E-state index contributed by atoms with van der Waals surface area (Å²) in [5.74, 6) is 1.67. The molecule has 1 atom stereocenters. The van der Waals surface area contributed by atoms with Gasteiger partial charge in [-0.05, 0) is 31.6 Å². The highest BCUT2D eigenvalue weighted by molar-refractivity contribution is 7.99. The second-order valence-corrected chi connectivity index (χ2v) is 7.44. The molecule has 1 N–H and O–H groups in total. The van der Waals surface area contributed by atoms with Crippen molar-refractivity contribution < 1.29 is 9.90 Å². The normalized spacial score (nSPS) is 19.8. The molecule has 0 amide bonds. The van der Waals surface area contributed by atoms with Gasteiger partial charge in [0.25, 0.3) is 0 Å². The third kappa shape index (κ3) is 9.41. The number of hydrogen-bond acceptors (Lipinski definition) is 3. The van der Waals surface area contributed by atoms with Crippen molar-refractivity contribution in [2.75, 3.05) is 31.1 Å². The number of hydrogen-bond donors (Lipinski definition) is 1. The molecule has 0 aromatic rings. The van der Waals surface area contributed by atoms with Crippen molar-refractivity contribution in [2.24, 2.45) is 5.92 Å². The van der Waals surface area contributed by atoms with E-state index in [9.17, 15) is 4.79 Å². The average Bonchev–Trinajstić information content (AvgIpc) is 2.49. The molecule has 1 unspecified atom stereocenters. The van der Waals surface area contributed by atoms with Gasteiger partial charge >= 0.3 is 5.97 Å². The first-order chi connectivity index (χ1) is 10.2. The standard InChI is InChI=1S/C17H33NO2S/c1-2-3-4-5-6-7-8-13-21-14-12-18-11-9-10-16(15-18)17(19)20/h16H,2-15H2,1H3,(H,19,20). The van der Waals surface area contributed by atoms with E-state index in [-0.39, 0.29) is 5.92 Å². The number of carboxylic acid groups (broad SMARTS) is 1. The molecule has 0 spiro atoms. The Morgan fingerprint density at radius 2 is 1.86 bits per heavy atom. The molecule has 1 aliphatic rings. The first kappa shape index (κ1) is 18.8. The maximum Gasteiger partial charge on any atom is 0.307 e. The Hall–Kier alpha value is -0.220. The minimum absolute atomic E-state index is 0.133.